The van der Waals surface area contributed by atoms with Gasteiger partial charge >= 0.3 is 12.6 Å². The maximum Gasteiger partial charge on any atom is 0.387 e. The molecule has 2 aromatic carbocycles. The molecule has 1 saturated heterocycles. The lowest BCUT2D eigenvalue weighted by atomic mass is 9.87. The molecule has 3 rings (SSSR count). The van der Waals surface area contributed by atoms with Gasteiger partial charge in [-0.2, -0.15) is 8.78 Å². The molecule has 1 fully saturated rings. The number of imide groups is 1. The van der Waals surface area contributed by atoms with Gasteiger partial charge in [-0.1, -0.05) is 49.4 Å². The number of urea groups is 1. The number of rotatable bonds is 8. The van der Waals surface area contributed by atoms with Crippen LogP contribution in [0.2, 0.25) is 0 Å². The standard InChI is InChI=1S/C22H23F2N3O4/c1-3-22(16-7-5-4-6-8-16)19(29)27(21(30)25-22)14-18(28)26(2)13-15-9-11-17(12-10-15)31-20(23)24/h4-12,20H,3,13-14H2,1-2H3,(H,25,30). The summed E-state index contributed by atoms with van der Waals surface area (Å²) in [6.45, 7) is -1.34. The minimum atomic E-state index is -2.91. The van der Waals surface area contributed by atoms with E-state index in [1.54, 1.807) is 43.3 Å². The van der Waals surface area contributed by atoms with Crippen LogP contribution in [0.1, 0.15) is 24.5 Å². The number of hydrogen-bond acceptors (Lipinski definition) is 4. The molecule has 164 valence electrons. The van der Waals surface area contributed by atoms with Crippen molar-refractivity contribution in [1.29, 1.82) is 0 Å². The van der Waals surface area contributed by atoms with E-state index >= 15 is 0 Å². The van der Waals surface area contributed by atoms with E-state index in [4.69, 9.17) is 0 Å². The minimum Gasteiger partial charge on any atom is -0.435 e. The SMILES string of the molecule is CCC1(c2ccccc2)NC(=O)N(CC(=O)N(C)Cc2ccc(OC(F)F)cc2)C1=O. The number of halogens is 2. The molecule has 0 saturated carbocycles. The highest BCUT2D eigenvalue weighted by Crippen LogP contribution is 2.32. The topological polar surface area (TPSA) is 79.0 Å². The van der Waals surface area contributed by atoms with E-state index in [2.05, 4.69) is 10.1 Å². The number of likely N-dealkylation sites (N-methyl/N-ethyl adjacent to an activating group) is 1. The average Bonchev–Trinajstić information content (AvgIpc) is 3.00. The molecule has 7 nitrogen and oxygen atoms in total. The molecule has 1 atom stereocenters. The van der Waals surface area contributed by atoms with E-state index in [1.165, 1.54) is 24.1 Å². The van der Waals surface area contributed by atoms with Gasteiger partial charge in [-0.05, 0) is 29.7 Å². The second-order valence-electron chi connectivity index (χ2n) is 7.22. The Morgan fingerprint density at radius 1 is 1.13 bits per heavy atom. The van der Waals surface area contributed by atoms with Crippen LogP contribution >= 0.6 is 0 Å². The number of benzene rings is 2. The number of nitrogens with one attached hydrogen (secondary N) is 1. The molecule has 1 unspecified atom stereocenters. The van der Waals surface area contributed by atoms with Crippen LogP contribution in [0.4, 0.5) is 13.6 Å². The molecular formula is C22H23F2N3O4. The lowest BCUT2D eigenvalue weighted by Crippen LogP contribution is -2.45. The first-order chi connectivity index (χ1) is 14.8. The van der Waals surface area contributed by atoms with Crippen LogP contribution in [0.5, 0.6) is 5.75 Å². The summed E-state index contributed by atoms with van der Waals surface area (Å²) in [5.74, 6) is -0.887. The molecule has 0 aromatic heterocycles. The van der Waals surface area contributed by atoms with Gasteiger partial charge in [0.2, 0.25) is 5.91 Å². The summed E-state index contributed by atoms with van der Waals surface area (Å²) in [5, 5.41) is 2.74. The molecule has 2 aromatic rings. The maximum absolute atomic E-state index is 13.1. The van der Waals surface area contributed by atoms with Crippen molar-refractivity contribution in [2.45, 2.75) is 32.0 Å². The lowest BCUT2D eigenvalue weighted by Gasteiger charge is -2.26. The lowest BCUT2D eigenvalue weighted by molar-refractivity contribution is -0.138. The highest BCUT2D eigenvalue weighted by atomic mass is 19.3. The Bertz CT molecular complexity index is 953. The molecule has 0 aliphatic carbocycles. The van der Waals surface area contributed by atoms with Crippen molar-refractivity contribution in [3.05, 3.63) is 65.7 Å². The number of amides is 4. The zero-order chi connectivity index (χ0) is 22.6. The Labute approximate surface area is 178 Å². The summed E-state index contributed by atoms with van der Waals surface area (Å²) in [5.41, 5.74) is 0.143. The Balaban J connectivity index is 1.67. The zero-order valence-corrected chi connectivity index (χ0v) is 17.2. The van der Waals surface area contributed by atoms with Crippen LogP contribution < -0.4 is 10.1 Å². The third kappa shape index (κ3) is 4.65. The number of hydrogen-bond donors (Lipinski definition) is 1. The van der Waals surface area contributed by atoms with Gasteiger partial charge in [-0.15, -0.1) is 0 Å². The summed E-state index contributed by atoms with van der Waals surface area (Å²) < 4.78 is 28.8. The summed E-state index contributed by atoms with van der Waals surface area (Å²) in [6.07, 6.45) is 0.342. The fourth-order valence-electron chi connectivity index (χ4n) is 3.53. The Hall–Kier alpha value is -3.49. The molecule has 1 N–H and O–H groups in total. The molecule has 1 aliphatic heterocycles. The first-order valence-corrected chi connectivity index (χ1v) is 9.74. The van der Waals surface area contributed by atoms with E-state index in [1.807, 2.05) is 6.07 Å². The fraction of sp³-hybridized carbons (Fsp3) is 0.318. The van der Waals surface area contributed by atoms with Crippen molar-refractivity contribution in [3.63, 3.8) is 0 Å². The van der Waals surface area contributed by atoms with Gasteiger partial charge in [0.1, 0.15) is 17.8 Å². The first-order valence-electron chi connectivity index (χ1n) is 9.74. The highest BCUT2D eigenvalue weighted by Gasteiger charge is 2.51. The largest absolute Gasteiger partial charge is 0.435 e. The van der Waals surface area contributed by atoms with Crippen molar-refractivity contribution in [3.8, 4) is 5.75 Å². The quantitative estimate of drug-likeness (QED) is 0.652. The third-order valence-electron chi connectivity index (χ3n) is 5.26. The van der Waals surface area contributed by atoms with Crippen molar-refractivity contribution >= 4 is 17.8 Å². The minimum absolute atomic E-state index is 0.0175. The summed E-state index contributed by atoms with van der Waals surface area (Å²) in [7, 11) is 1.54. The van der Waals surface area contributed by atoms with Gasteiger partial charge in [0.25, 0.3) is 5.91 Å². The Morgan fingerprint density at radius 3 is 2.35 bits per heavy atom. The third-order valence-corrected chi connectivity index (χ3v) is 5.26. The Morgan fingerprint density at radius 2 is 1.77 bits per heavy atom. The van der Waals surface area contributed by atoms with Gasteiger partial charge in [0.15, 0.2) is 0 Å². The highest BCUT2D eigenvalue weighted by molar-refractivity contribution is 6.09. The molecule has 1 heterocycles. The second kappa shape index (κ2) is 9.11. The van der Waals surface area contributed by atoms with Gasteiger partial charge in [-0.3, -0.25) is 14.5 Å². The molecule has 0 spiro atoms. The number of carbonyl (C=O) groups excluding carboxylic acids is 3. The van der Waals surface area contributed by atoms with E-state index in [9.17, 15) is 23.2 Å². The van der Waals surface area contributed by atoms with Crippen LogP contribution in [0, 0.1) is 0 Å². The number of carbonyl (C=O) groups is 3. The summed E-state index contributed by atoms with van der Waals surface area (Å²) >= 11 is 0. The predicted octanol–water partition coefficient (Wildman–Crippen LogP) is 3.10. The number of ether oxygens (including phenoxy) is 1. The molecular weight excluding hydrogens is 408 g/mol. The molecule has 9 heteroatoms. The van der Waals surface area contributed by atoms with Crippen LogP contribution in [-0.4, -0.2) is 47.8 Å². The van der Waals surface area contributed by atoms with Gasteiger partial charge < -0.3 is 15.0 Å². The smallest absolute Gasteiger partial charge is 0.387 e. The molecule has 0 radical (unpaired) electrons. The van der Waals surface area contributed by atoms with Gasteiger partial charge in [0, 0.05) is 13.6 Å². The normalized spacial score (nSPS) is 18.3. The van der Waals surface area contributed by atoms with E-state index in [0.29, 0.717) is 17.5 Å². The Kier molecular flexibility index (Phi) is 6.53. The first kappa shape index (κ1) is 22.2. The van der Waals surface area contributed by atoms with Crippen LogP contribution in [0.25, 0.3) is 0 Å². The van der Waals surface area contributed by atoms with E-state index in [-0.39, 0.29) is 12.3 Å². The summed E-state index contributed by atoms with van der Waals surface area (Å²) in [6, 6.07) is 14.2. The van der Waals surface area contributed by atoms with Gasteiger partial charge in [-0.25, -0.2) is 4.79 Å². The second-order valence-corrected chi connectivity index (χ2v) is 7.22. The number of alkyl halides is 2. The molecule has 1 aliphatic rings. The van der Waals surface area contributed by atoms with Crippen molar-refractivity contribution in [1.82, 2.24) is 15.1 Å². The van der Waals surface area contributed by atoms with Crippen molar-refractivity contribution in [2.24, 2.45) is 0 Å². The van der Waals surface area contributed by atoms with Gasteiger partial charge in [0.05, 0.1) is 0 Å². The maximum atomic E-state index is 13.1. The monoisotopic (exact) mass is 431 g/mol. The molecule has 0 bridgehead atoms. The van der Waals surface area contributed by atoms with Crippen molar-refractivity contribution < 1.29 is 27.9 Å². The van der Waals surface area contributed by atoms with E-state index < -0.39 is 36.5 Å². The van der Waals surface area contributed by atoms with Crippen LogP contribution in [0.3, 0.4) is 0 Å². The van der Waals surface area contributed by atoms with E-state index in [0.717, 1.165) is 4.90 Å². The molecule has 4 amide bonds. The fourth-order valence-corrected chi connectivity index (χ4v) is 3.53. The molecule has 31 heavy (non-hydrogen) atoms. The summed E-state index contributed by atoms with van der Waals surface area (Å²) in [4.78, 5) is 40.6. The average molecular weight is 431 g/mol. The van der Waals surface area contributed by atoms with Crippen LogP contribution in [-0.2, 0) is 21.7 Å². The van der Waals surface area contributed by atoms with Crippen LogP contribution in [0.15, 0.2) is 54.6 Å². The van der Waals surface area contributed by atoms with Crippen molar-refractivity contribution in [2.75, 3.05) is 13.6 Å². The predicted molar refractivity (Wildman–Crippen MR) is 108 cm³/mol. The zero-order valence-electron chi connectivity index (χ0n) is 17.2. The number of nitrogens with zero attached hydrogens (tertiary/aromatic N) is 2.